The van der Waals surface area contributed by atoms with Crippen molar-refractivity contribution in [1.29, 1.82) is 0 Å². The molecular formula is C95H120BN3O19. The molecule has 0 radical (unpaired) electrons. The van der Waals surface area contributed by atoms with Gasteiger partial charge in [0.1, 0.15) is 52.5 Å². The van der Waals surface area contributed by atoms with Gasteiger partial charge in [-0.2, -0.15) is 0 Å². The normalized spacial score (nSPS) is 25.1. The van der Waals surface area contributed by atoms with Gasteiger partial charge in [-0.1, -0.05) is 169 Å². The number of nitrogens with zero attached hydrogens (tertiary/aromatic N) is 3. The number of hydrogen-bond acceptors (Lipinski definition) is 19. The molecule has 22 nitrogen and oxygen atoms in total. The van der Waals surface area contributed by atoms with Crippen LogP contribution in [0.25, 0.3) is 32.3 Å². The predicted octanol–water partition coefficient (Wildman–Crippen LogP) is 15.6. The molecule has 0 aromatic heterocycles. The molecule has 6 aromatic rings. The number of ketones is 3. The van der Waals surface area contributed by atoms with E-state index >= 15 is 0 Å². The molecule has 12 rings (SSSR count). The van der Waals surface area contributed by atoms with Crippen molar-refractivity contribution >= 4 is 98.4 Å². The summed E-state index contributed by atoms with van der Waals surface area (Å²) in [6.07, 6.45) is 5.80. The molecule has 3 heterocycles. The molecule has 6 aromatic carbocycles. The van der Waals surface area contributed by atoms with E-state index < -0.39 is 111 Å². The number of fused-ring (bicyclic) bond motifs is 3. The highest BCUT2D eigenvalue weighted by molar-refractivity contribution is 6.46. The van der Waals surface area contributed by atoms with Gasteiger partial charge in [0, 0.05) is 61.2 Å². The number of allylic oxidation sites excluding steroid dienone is 3. The standard InChI is InChI=1S/C36H47NO7.C34H43NO7.C25H30BNO5/c1-9-24-20-36(24,33(41)42-10-2)21-29(38)28-18-25(43-30-17-13-15-23-14-11-12-16-26(23)30)22-37(28)32(40)27(34(3,4)5)19-31(39)44-35(6,7)8;1-8-22-18-34(22,31(39)40)19-27(36)26-16-23(41-28-15-11-13-21-12-9-10-14-24(21)28)20-35(26)30(38)25(32(2,3)4)17-29(37)42-33(5,6)7;1-4-18-14-25(18,24(29)31-5-2)15-22(28)21-13-19(16-27(21)26(3)30)32-23-12-8-10-17-9-6-7-11-20(17)23/h9,11-17,24-25,27-28H,1,10,18-22H2,2-8H3;8-15,22-23,25-26H,1,16-20H2,2-7H3,(H,39,40);4,6-12,18-19,21,30H,1,5,13-16H2,2-3H3/t24-,25-,27-,28+,36-;22-,23-,25-,26+,34-;18-,19-,21+,25-/m111/s1. The van der Waals surface area contributed by atoms with Crippen LogP contribution in [-0.4, -0.2) is 171 Å². The zero-order chi connectivity index (χ0) is 86.4. The third-order valence-electron chi connectivity index (χ3n) is 23.9. The van der Waals surface area contributed by atoms with Crippen molar-refractivity contribution in [2.75, 3.05) is 32.8 Å². The molecule has 3 aliphatic heterocycles. The fraction of sp³-hybridized carbons (Fsp3) is 0.516. The lowest BCUT2D eigenvalue weighted by Crippen LogP contribution is -2.48. The van der Waals surface area contributed by atoms with E-state index in [9.17, 15) is 58.1 Å². The highest BCUT2D eigenvalue weighted by Gasteiger charge is 2.64. The summed E-state index contributed by atoms with van der Waals surface area (Å²) in [6.45, 7) is 39.9. The molecule has 0 unspecified atom stereocenters. The van der Waals surface area contributed by atoms with Crippen LogP contribution < -0.4 is 14.2 Å². The lowest BCUT2D eigenvalue weighted by Gasteiger charge is -2.35. The van der Waals surface area contributed by atoms with Crippen molar-refractivity contribution in [1.82, 2.24) is 14.6 Å². The average molecular weight is 1620 g/mol. The molecule has 14 atom stereocenters. The molecule has 3 saturated carbocycles. The van der Waals surface area contributed by atoms with Crippen molar-refractivity contribution in [3.05, 3.63) is 165 Å². The van der Waals surface area contributed by atoms with Gasteiger partial charge in [0.05, 0.1) is 85.4 Å². The van der Waals surface area contributed by atoms with Gasteiger partial charge < -0.3 is 57.9 Å². The number of carbonyl (C=O) groups is 10. The second kappa shape index (κ2) is 36.7. The summed E-state index contributed by atoms with van der Waals surface area (Å²) in [5.74, 6) is -3.85. The minimum Gasteiger partial charge on any atom is -0.488 e. The van der Waals surface area contributed by atoms with Crippen molar-refractivity contribution in [3.8, 4) is 17.2 Å². The number of rotatable bonds is 30. The van der Waals surface area contributed by atoms with E-state index in [1.807, 2.05) is 169 Å². The SMILES string of the molecule is C=C[C@@H]1C[C@]1(CC(=O)[C@@H]1C[C@@H](Oc2cccc3ccccc23)CN1B(C)O)C(=O)OCC.C=C[C@@H]1C[C@]1(CC(=O)[C@@H]1C[C@@H](Oc2cccc3ccccc23)CN1C(=O)[C@@H](CC(=O)OC(C)(C)C)C(C)(C)C)C(=O)O.C=C[C@@H]1C[C@]1(CC(=O)[C@@H]1C[C@@H](Oc2cccc3ccccc23)CN1C(=O)[C@@H](CC(=O)OC(C)(C)C)C(C)(C)C)C(=O)OCC. The Labute approximate surface area is 694 Å². The molecule has 23 heteroatoms. The Morgan fingerprint density at radius 1 is 0.458 bits per heavy atom. The monoisotopic (exact) mass is 1620 g/mol. The largest absolute Gasteiger partial charge is 0.488 e. The maximum absolute atomic E-state index is 14.4. The number of carboxylic acids is 1. The summed E-state index contributed by atoms with van der Waals surface area (Å²) < 4.78 is 40.9. The van der Waals surface area contributed by atoms with Crippen LogP contribution in [0.3, 0.4) is 0 Å². The molecule has 0 bridgehead atoms. The van der Waals surface area contributed by atoms with Crippen molar-refractivity contribution in [2.24, 2.45) is 56.7 Å². The van der Waals surface area contributed by atoms with Crippen LogP contribution in [-0.2, 0) is 66.9 Å². The first-order chi connectivity index (χ1) is 55.5. The van der Waals surface area contributed by atoms with Gasteiger partial charge in [-0.3, -0.25) is 47.9 Å². The number of hydrogen-bond donors (Lipinski definition) is 2. The summed E-state index contributed by atoms with van der Waals surface area (Å²) in [7, 11) is -0.794. The molecule has 0 spiro atoms. The number of carboxylic acid groups (broad SMARTS) is 1. The van der Waals surface area contributed by atoms with Gasteiger partial charge in [0.2, 0.25) is 11.8 Å². The highest BCUT2D eigenvalue weighted by Crippen LogP contribution is 2.60. The number of likely N-dealkylation sites (tertiary alicyclic amines) is 2. The zero-order valence-electron chi connectivity index (χ0n) is 71.4. The topological polar surface area (TPSA) is 285 Å². The Hall–Kier alpha value is -10.00. The number of carbonyl (C=O) groups excluding carboxylic acids is 9. The zero-order valence-corrected chi connectivity index (χ0v) is 71.4. The molecule has 6 aliphatic rings. The lowest BCUT2D eigenvalue weighted by atomic mass is 9.77. The second-order valence-electron chi connectivity index (χ2n) is 36.9. The minimum atomic E-state index is -1.19. The maximum atomic E-state index is 14.4. The van der Waals surface area contributed by atoms with Crippen molar-refractivity contribution < 1.29 is 91.2 Å². The first-order valence-electron chi connectivity index (χ1n) is 41.5. The fourth-order valence-corrected chi connectivity index (χ4v) is 17.3. The van der Waals surface area contributed by atoms with Gasteiger partial charge in [0.15, 0.2) is 11.6 Å². The molecule has 118 heavy (non-hydrogen) atoms. The number of amides is 2. The summed E-state index contributed by atoms with van der Waals surface area (Å²) >= 11 is 0. The Bertz CT molecular complexity index is 4740. The molecule has 6 fully saturated rings. The quantitative estimate of drug-likeness (QED) is 0.0183. The first-order valence-corrected chi connectivity index (χ1v) is 41.5. The van der Waals surface area contributed by atoms with Gasteiger partial charge in [-0.25, -0.2) is 0 Å². The Kier molecular flexibility index (Phi) is 28.1. The Morgan fingerprint density at radius 2 is 0.763 bits per heavy atom. The van der Waals surface area contributed by atoms with E-state index in [-0.39, 0.29) is 130 Å². The maximum Gasteiger partial charge on any atom is 0.377 e. The van der Waals surface area contributed by atoms with Crippen LogP contribution in [0.5, 0.6) is 17.2 Å². The van der Waals surface area contributed by atoms with Gasteiger partial charge in [-0.05, 0) is 144 Å². The molecular weight excluding hydrogens is 1500 g/mol. The Morgan fingerprint density at radius 3 is 1.07 bits per heavy atom. The Balaban J connectivity index is 0.000000189. The molecule has 2 amide bonds. The van der Waals surface area contributed by atoms with E-state index in [1.165, 1.54) is 4.90 Å². The van der Waals surface area contributed by atoms with Crippen LogP contribution in [0.4, 0.5) is 0 Å². The van der Waals surface area contributed by atoms with Crippen LogP contribution in [0.15, 0.2) is 165 Å². The number of ether oxygens (including phenoxy) is 7. The smallest absolute Gasteiger partial charge is 0.377 e. The average Bonchev–Trinajstić information content (AvgIpc) is 1.67. The van der Waals surface area contributed by atoms with E-state index in [0.717, 1.165) is 38.1 Å². The lowest BCUT2D eigenvalue weighted by molar-refractivity contribution is -0.161. The van der Waals surface area contributed by atoms with E-state index in [4.69, 9.17) is 33.2 Å². The third-order valence-corrected chi connectivity index (χ3v) is 23.9. The van der Waals surface area contributed by atoms with Gasteiger partial charge >= 0.3 is 36.9 Å². The fourth-order valence-electron chi connectivity index (χ4n) is 17.3. The van der Waals surface area contributed by atoms with Gasteiger partial charge in [0.25, 0.3) is 0 Å². The van der Waals surface area contributed by atoms with Crippen LogP contribution >= 0.6 is 0 Å². The predicted molar refractivity (Wildman–Crippen MR) is 453 cm³/mol. The number of benzene rings is 6. The number of esters is 4. The summed E-state index contributed by atoms with van der Waals surface area (Å²) in [6, 6.07) is 39.0. The van der Waals surface area contributed by atoms with Crippen LogP contribution in [0.1, 0.15) is 168 Å². The van der Waals surface area contributed by atoms with Crippen LogP contribution in [0.2, 0.25) is 6.82 Å². The number of Topliss-reactive ketones (excluding diaryl/α,β-unsaturated/α-hetero) is 3. The molecule has 3 aliphatic carbocycles. The van der Waals surface area contributed by atoms with Crippen LogP contribution in [0, 0.1) is 56.7 Å². The minimum absolute atomic E-state index is 0.0466. The molecule has 632 valence electrons. The highest BCUT2D eigenvalue weighted by atomic mass is 16.6. The van der Waals surface area contributed by atoms with E-state index in [1.54, 1.807) is 90.2 Å². The summed E-state index contributed by atoms with van der Waals surface area (Å²) in [5, 5.41) is 26.3. The summed E-state index contributed by atoms with van der Waals surface area (Å²) in [5.41, 5.74) is -5.56. The van der Waals surface area contributed by atoms with Crippen molar-refractivity contribution in [2.45, 2.75) is 222 Å². The first kappa shape index (κ1) is 90.3. The number of aliphatic carboxylic acids is 1. The third kappa shape index (κ3) is 21.2. The summed E-state index contributed by atoms with van der Waals surface area (Å²) in [4.78, 5) is 138. The second-order valence-corrected chi connectivity index (χ2v) is 36.9. The molecule has 3 saturated heterocycles. The van der Waals surface area contributed by atoms with E-state index in [0.29, 0.717) is 43.7 Å². The molecule has 2 N–H and O–H groups in total. The van der Waals surface area contributed by atoms with Crippen molar-refractivity contribution in [3.63, 3.8) is 0 Å². The van der Waals surface area contributed by atoms with Gasteiger partial charge in [-0.15, -0.1) is 19.7 Å². The van der Waals surface area contributed by atoms with E-state index in [2.05, 4.69) is 19.7 Å².